The third-order valence-corrected chi connectivity index (χ3v) is 7.30. The Labute approximate surface area is 170 Å². The molecule has 0 bridgehead atoms. The molecule has 1 fully saturated rings. The number of nitrogens with one attached hydrogen (secondary N) is 1. The number of anilines is 1. The van der Waals surface area contributed by atoms with Crippen molar-refractivity contribution in [3.63, 3.8) is 0 Å². The Morgan fingerprint density at radius 1 is 1.07 bits per heavy atom. The van der Waals surface area contributed by atoms with Gasteiger partial charge in [0.25, 0.3) is 5.91 Å². The molecule has 1 N–H and O–H groups in total. The number of piperidine rings is 1. The summed E-state index contributed by atoms with van der Waals surface area (Å²) in [5, 5.41) is 2.76. The SMILES string of the molecule is C[C@@H]1CCCCN1S(=O)(=O)c1ccc(NC(=O)[C@H]2COc3ccccc3O2)cc1. The molecular formula is C21H24N2O5S. The number of carbonyl (C=O) groups excluding carboxylic acids is 1. The van der Waals surface area contributed by atoms with Gasteiger partial charge in [0, 0.05) is 18.3 Å². The third kappa shape index (κ3) is 4.09. The lowest BCUT2D eigenvalue weighted by molar-refractivity contribution is -0.125. The van der Waals surface area contributed by atoms with E-state index in [9.17, 15) is 13.2 Å². The lowest BCUT2D eigenvalue weighted by atomic mass is 10.1. The normalized spacial score (nSPS) is 22.1. The first kappa shape index (κ1) is 19.7. The van der Waals surface area contributed by atoms with Crippen molar-refractivity contribution < 1.29 is 22.7 Å². The average Bonchev–Trinajstić information content (AvgIpc) is 2.74. The molecule has 2 heterocycles. The molecule has 0 radical (unpaired) electrons. The largest absolute Gasteiger partial charge is 0.485 e. The molecule has 7 nitrogen and oxygen atoms in total. The van der Waals surface area contributed by atoms with E-state index in [0.29, 0.717) is 23.7 Å². The molecule has 1 amide bonds. The van der Waals surface area contributed by atoms with Gasteiger partial charge in [-0.05, 0) is 56.2 Å². The molecule has 0 unspecified atom stereocenters. The maximum atomic E-state index is 12.9. The van der Waals surface area contributed by atoms with Gasteiger partial charge in [-0.25, -0.2) is 8.42 Å². The predicted molar refractivity (Wildman–Crippen MR) is 109 cm³/mol. The van der Waals surface area contributed by atoms with Crippen molar-refractivity contribution in [2.45, 2.75) is 43.2 Å². The van der Waals surface area contributed by atoms with Crippen molar-refractivity contribution in [3.8, 4) is 11.5 Å². The summed E-state index contributed by atoms with van der Waals surface area (Å²) in [6.45, 7) is 2.60. The van der Waals surface area contributed by atoms with Gasteiger partial charge in [0.15, 0.2) is 11.5 Å². The fraction of sp³-hybridized carbons (Fsp3) is 0.381. The molecule has 2 aromatic carbocycles. The van der Waals surface area contributed by atoms with Gasteiger partial charge in [0.1, 0.15) is 6.61 Å². The lowest BCUT2D eigenvalue weighted by Crippen LogP contribution is -2.41. The number of para-hydroxylation sites is 2. The first-order valence-corrected chi connectivity index (χ1v) is 11.2. The van der Waals surface area contributed by atoms with Crippen LogP contribution in [0.2, 0.25) is 0 Å². The third-order valence-electron chi connectivity index (χ3n) is 5.27. The maximum Gasteiger partial charge on any atom is 0.269 e. The van der Waals surface area contributed by atoms with E-state index in [2.05, 4.69) is 5.32 Å². The van der Waals surface area contributed by atoms with Crippen molar-refractivity contribution in [2.75, 3.05) is 18.5 Å². The van der Waals surface area contributed by atoms with Crippen molar-refractivity contribution in [1.82, 2.24) is 4.31 Å². The van der Waals surface area contributed by atoms with Crippen LogP contribution in [0.25, 0.3) is 0 Å². The number of fused-ring (bicyclic) bond motifs is 1. The van der Waals surface area contributed by atoms with Gasteiger partial charge in [-0.2, -0.15) is 4.31 Å². The number of ether oxygens (including phenoxy) is 2. The highest BCUT2D eigenvalue weighted by Crippen LogP contribution is 2.31. The molecule has 2 atom stereocenters. The van der Waals surface area contributed by atoms with Crippen LogP contribution in [0, 0.1) is 0 Å². The van der Waals surface area contributed by atoms with E-state index in [1.54, 1.807) is 28.6 Å². The highest BCUT2D eigenvalue weighted by molar-refractivity contribution is 7.89. The highest BCUT2D eigenvalue weighted by atomic mass is 32.2. The summed E-state index contributed by atoms with van der Waals surface area (Å²) >= 11 is 0. The molecular weight excluding hydrogens is 392 g/mol. The zero-order valence-corrected chi connectivity index (χ0v) is 17.0. The monoisotopic (exact) mass is 416 g/mol. The zero-order valence-electron chi connectivity index (χ0n) is 16.2. The molecule has 0 aliphatic carbocycles. The van der Waals surface area contributed by atoms with E-state index < -0.39 is 16.1 Å². The van der Waals surface area contributed by atoms with Crippen molar-refractivity contribution >= 4 is 21.6 Å². The highest BCUT2D eigenvalue weighted by Gasteiger charge is 2.31. The zero-order chi connectivity index (χ0) is 20.4. The van der Waals surface area contributed by atoms with E-state index >= 15 is 0 Å². The second kappa shape index (κ2) is 8.04. The van der Waals surface area contributed by atoms with E-state index in [0.717, 1.165) is 19.3 Å². The van der Waals surface area contributed by atoms with Crippen molar-refractivity contribution in [3.05, 3.63) is 48.5 Å². The number of carbonyl (C=O) groups is 1. The number of benzene rings is 2. The summed E-state index contributed by atoms with van der Waals surface area (Å²) in [7, 11) is -3.53. The summed E-state index contributed by atoms with van der Waals surface area (Å²) in [5.41, 5.74) is 0.503. The van der Waals surface area contributed by atoms with Gasteiger partial charge in [0.05, 0.1) is 4.90 Å². The summed E-state index contributed by atoms with van der Waals surface area (Å²) in [6.07, 6.45) is 2.03. The maximum absolute atomic E-state index is 12.9. The summed E-state index contributed by atoms with van der Waals surface area (Å²) in [6, 6.07) is 13.4. The fourth-order valence-electron chi connectivity index (χ4n) is 3.65. The average molecular weight is 416 g/mol. The summed E-state index contributed by atoms with van der Waals surface area (Å²) in [4.78, 5) is 12.7. The van der Waals surface area contributed by atoms with Crippen LogP contribution in [0.1, 0.15) is 26.2 Å². The van der Waals surface area contributed by atoms with Crippen molar-refractivity contribution in [2.24, 2.45) is 0 Å². The molecule has 154 valence electrons. The molecule has 1 saturated heterocycles. The van der Waals surface area contributed by atoms with Gasteiger partial charge in [-0.1, -0.05) is 18.6 Å². The minimum absolute atomic E-state index is 0.000503. The van der Waals surface area contributed by atoms with Crippen LogP contribution in [0.15, 0.2) is 53.4 Å². The van der Waals surface area contributed by atoms with Crippen molar-refractivity contribution in [1.29, 1.82) is 0 Å². The fourth-order valence-corrected chi connectivity index (χ4v) is 5.35. The van der Waals surface area contributed by atoms with Crippen LogP contribution < -0.4 is 14.8 Å². The molecule has 0 aromatic heterocycles. The second-order valence-corrected chi connectivity index (χ2v) is 9.23. The van der Waals surface area contributed by atoms with Crippen LogP contribution in [-0.4, -0.2) is 43.9 Å². The Kier molecular flexibility index (Phi) is 5.47. The van der Waals surface area contributed by atoms with E-state index in [1.807, 2.05) is 19.1 Å². The smallest absolute Gasteiger partial charge is 0.269 e. The molecule has 2 aromatic rings. The number of amides is 1. The molecule has 4 rings (SSSR count). The van der Waals surface area contributed by atoms with Crippen LogP contribution >= 0.6 is 0 Å². The van der Waals surface area contributed by atoms with Gasteiger partial charge < -0.3 is 14.8 Å². The second-order valence-electron chi connectivity index (χ2n) is 7.34. The van der Waals surface area contributed by atoms with Gasteiger partial charge in [-0.3, -0.25) is 4.79 Å². The lowest BCUT2D eigenvalue weighted by Gasteiger charge is -2.32. The van der Waals surface area contributed by atoms with Gasteiger partial charge in [-0.15, -0.1) is 0 Å². The minimum Gasteiger partial charge on any atom is -0.485 e. The Morgan fingerprint density at radius 2 is 1.79 bits per heavy atom. The van der Waals surface area contributed by atoms with Gasteiger partial charge >= 0.3 is 0 Å². The first-order valence-electron chi connectivity index (χ1n) is 9.76. The number of rotatable bonds is 4. The Balaban J connectivity index is 1.43. The van der Waals surface area contributed by atoms with E-state index in [1.165, 1.54) is 12.1 Å². The van der Waals surface area contributed by atoms with Crippen LogP contribution in [0.4, 0.5) is 5.69 Å². The Morgan fingerprint density at radius 3 is 2.52 bits per heavy atom. The molecule has 2 aliphatic heterocycles. The first-order chi connectivity index (χ1) is 13.9. The number of hydrogen-bond acceptors (Lipinski definition) is 5. The molecule has 29 heavy (non-hydrogen) atoms. The van der Waals surface area contributed by atoms with Crippen LogP contribution in [0.3, 0.4) is 0 Å². The number of hydrogen-bond donors (Lipinski definition) is 1. The Bertz CT molecular complexity index is 990. The summed E-state index contributed by atoms with van der Waals surface area (Å²) < 4.78 is 38.6. The number of nitrogens with zero attached hydrogens (tertiary/aromatic N) is 1. The molecule has 8 heteroatoms. The van der Waals surface area contributed by atoms with Gasteiger partial charge in [0.2, 0.25) is 16.1 Å². The summed E-state index contributed by atoms with van der Waals surface area (Å²) in [5.74, 6) is 0.786. The molecule has 0 saturated carbocycles. The molecule has 2 aliphatic rings. The minimum atomic E-state index is -3.53. The standard InChI is InChI=1S/C21H24N2O5S/c1-15-6-4-5-13-23(15)29(25,26)17-11-9-16(10-12-17)22-21(24)20-14-27-18-7-2-3-8-19(18)28-20/h2-3,7-12,15,20H,4-6,13-14H2,1H3,(H,22,24)/t15-,20-/m1/s1. The Hall–Kier alpha value is -2.58. The topological polar surface area (TPSA) is 84.9 Å². The molecule has 0 spiro atoms. The van der Waals surface area contributed by atoms with E-state index in [4.69, 9.17) is 9.47 Å². The number of sulfonamides is 1. The quantitative estimate of drug-likeness (QED) is 0.828. The van der Waals surface area contributed by atoms with E-state index in [-0.39, 0.29) is 23.5 Å². The van der Waals surface area contributed by atoms with Crippen LogP contribution in [-0.2, 0) is 14.8 Å². The predicted octanol–water partition coefficient (Wildman–Crippen LogP) is 3.03. The van der Waals surface area contributed by atoms with Crippen LogP contribution in [0.5, 0.6) is 11.5 Å².